The van der Waals surface area contributed by atoms with Gasteiger partial charge in [-0.25, -0.2) is 4.79 Å². The Labute approximate surface area is 115 Å². The smallest absolute Gasteiger partial charge is 0.449 e. The minimum Gasteiger partial charge on any atom is -0.449 e. The second kappa shape index (κ2) is 5.38. The lowest BCUT2D eigenvalue weighted by molar-refractivity contribution is 0.102. The third-order valence-corrected chi connectivity index (χ3v) is 3.82. The number of anilines is 1. The van der Waals surface area contributed by atoms with Crippen LogP contribution in [-0.4, -0.2) is 17.2 Å². The van der Waals surface area contributed by atoms with Gasteiger partial charge in [0.05, 0.1) is 14.9 Å². The third kappa shape index (κ3) is 3.00. The van der Waals surface area contributed by atoms with Crippen molar-refractivity contribution in [2.45, 2.75) is 0 Å². The molecule has 0 atom stereocenters. The molecule has 5 nitrogen and oxygen atoms in total. The molecule has 0 fully saturated rings. The van der Waals surface area contributed by atoms with Crippen molar-refractivity contribution < 1.29 is 19.4 Å². The molecular weight excluding hydrogens is 298 g/mol. The van der Waals surface area contributed by atoms with E-state index in [0.29, 0.717) is 14.9 Å². The molecule has 2 aromatic heterocycles. The van der Waals surface area contributed by atoms with Gasteiger partial charge in [-0.2, -0.15) is 0 Å². The van der Waals surface area contributed by atoms with E-state index in [4.69, 9.17) is 16.7 Å². The molecular formula is C10H6ClNO4S2. The van der Waals surface area contributed by atoms with Gasteiger partial charge in [-0.1, -0.05) is 11.6 Å². The molecule has 0 aliphatic heterocycles. The topological polar surface area (TPSA) is 75.6 Å². The predicted molar refractivity (Wildman–Crippen MR) is 70.3 cm³/mol. The molecule has 0 aliphatic rings. The first-order valence-electron chi connectivity index (χ1n) is 4.60. The van der Waals surface area contributed by atoms with E-state index in [0.717, 1.165) is 11.3 Å². The van der Waals surface area contributed by atoms with Crippen LogP contribution in [0.25, 0.3) is 0 Å². The normalized spacial score (nSPS) is 10.1. The predicted octanol–water partition coefficient (Wildman–Crippen LogP) is 3.77. The minimum absolute atomic E-state index is 0.100. The summed E-state index contributed by atoms with van der Waals surface area (Å²) in [6.07, 6.45) is -1.43. The van der Waals surface area contributed by atoms with Gasteiger partial charge in [-0.3, -0.25) is 4.79 Å². The lowest BCUT2D eigenvalue weighted by atomic mass is 10.4. The van der Waals surface area contributed by atoms with E-state index >= 15 is 0 Å². The molecule has 0 unspecified atom stereocenters. The fraction of sp³-hybridized carbons (Fsp3) is 0. The first-order valence-corrected chi connectivity index (χ1v) is 6.73. The standard InChI is InChI=1S/C10H6ClNO4S2/c11-8-2-1-7(18-8)9(13)12-5-3-17-4-6(5)16-10(14)15/h1-4H,(H,12,13)(H,14,15). The van der Waals surface area contributed by atoms with Crippen LogP contribution in [-0.2, 0) is 0 Å². The lowest BCUT2D eigenvalue weighted by Gasteiger charge is -2.03. The monoisotopic (exact) mass is 303 g/mol. The molecule has 0 saturated heterocycles. The van der Waals surface area contributed by atoms with Gasteiger partial charge in [0, 0.05) is 10.8 Å². The average molecular weight is 304 g/mol. The zero-order valence-corrected chi connectivity index (χ0v) is 11.1. The fourth-order valence-electron chi connectivity index (χ4n) is 1.17. The molecule has 8 heteroatoms. The Bertz CT molecular complexity index is 592. The second-order valence-corrected chi connectivity index (χ2v) is 5.53. The quantitative estimate of drug-likeness (QED) is 0.846. The highest BCUT2D eigenvalue weighted by Crippen LogP contribution is 2.30. The first kappa shape index (κ1) is 12.9. The van der Waals surface area contributed by atoms with Crippen molar-refractivity contribution in [3.05, 3.63) is 32.1 Å². The molecule has 0 aliphatic carbocycles. The Kier molecular flexibility index (Phi) is 3.85. The van der Waals surface area contributed by atoms with Gasteiger partial charge in [0.1, 0.15) is 0 Å². The van der Waals surface area contributed by atoms with E-state index in [9.17, 15) is 9.59 Å². The summed E-state index contributed by atoms with van der Waals surface area (Å²) in [4.78, 5) is 22.7. The lowest BCUT2D eigenvalue weighted by Crippen LogP contribution is -2.11. The highest BCUT2D eigenvalue weighted by molar-refractivity contribution is 7.18. The number of hydrogen-bond donors (Lipinski definition) is 2. The van der Waals surface area contributed by atoms with Crippen molar-refractivity contribution in [1.82, 2.24) is 0 Å². The van der Waals surface area contributed by atoms with Crippen molar-refractivity contribution in [2.24, 2.45) is 0 Å². The highest BCUT2D eigenvalue weighted by Gasteiger charge is 2.14. The number of nitrogens with one attached hydrogen (secondary N) is 1. The van der Waals surface area contributed by atoms with Crippen LogP contribution >= 0.6 is 34.3 Å². The maximum absolute atomic E-state index is 11.8. The maximum Gasteiger partial charge on any atom is 0.511 e. The molecule has 0 aromatic carbocycles. The largest absolute Gasteiger partial charge is 0.511 e. The van der Waals surface area contributed by atoms with E-state index in [1.54, 1.807) is 17.5 Å². The van der Waals surface area contributed by atoms with Crippen molar-refractivity contribution in [1.29, 1.82) is 0 Å². The number of rotatable bonds is 3. The fourth-order valence-corrected chi connectivity index (χ4v) is 2.79. The summed E-state index contributed by atoms with van der Waals surface area (Å²) in [6, 6.07) is 3.20. The van der Waals surface area contributed by atoms with Crippen LogP contribution in [0, 0.1) is 0 Å². The summed E-state index contributed by atoms with van der Waals surface area (Å²) < 4.78 is 5.02. The Balaban J connectivity index is 2.12. The summed E-state index contributed by atoms with van der Waals surface area (Å²) >= 11 is 8.09. The Morgan fingerprint density at radius 3 is 2.72 bits per heavy atom. The van der Waals surface area contributed by atoms with E-state index < -0.39 is 6.16 Å². The molecule has 1 amide bonds. The number of thiophene rings is 2. The number of carbonyl (C=O) groups excluding carboxylic acids is 1. The summed E-state index contributed by atoms with van der Waals surface area (Å²) in [5.41, 5.74) is 0.317. The van der Waals surface area contributed by atoms with Crippen molar-refractivity contribution in [3.8, 4) is 5.75 Å². The van der Waals surface area contributed by atoms with E-state index in [2.05, 4.69) is 10.1 Å². The third-order valence-electron chi connectivity index (χ3n) is 1.87. The van der Waals surface area contributed by atoms with Gasteiger partial charge in [-0.05, 0) is 12.1 Å². The average Bonchev–Trinajstić information content (AvgIpc) is 2.88. The Morgan fingerprint density at radius 1 is 1.33 bits per heavy atom. The molecule has 18 heavy (non-hydrogen) atoms. The van der Waals surface area contributed by atoms with Crippen LogP contribution in [0.15, 0.2) is 22.9 Å². The van der Waals surface area contributed by atoms with Crippen LogP contribution in [0.2, 0.25) is 4.34 Å². The van der Waals surface area contributed by atoms with Gasteiger partial charge in [0.15, 0.2) is 5.75 Å². The highest BCUT2D eigenvalue weighted by atomic mass is 35.5. The van der Waals surface area contributed by atoms with E-state index in [-0.39, 0.29) is 11.7 Å². The number of hydrogen-bond acceptors (Lipinski definition) is 5. The molecule has 0 bridgehead atoms. The van der Waals surface area contributed by atoms with Gasteiger partial charge < -0.3 is 15.2 Å². The molecule has 2 aromatic rings. The van der Waals surface area contributed by atoms with Gasteiger partial charge in [0.2, 0.25) is 0 Å². The molecule has 0 radical (unpaired) electrons. The van der Waals surface area contributed by atoms with E-state index in [1.807, 2.05) is 0 Å². The zero-order chi connectivity index (χ0) is 13.1. The zero-order valence-electron chi connectivity index (χ0n) is 8.68. The Morgan fingerprint density at radius 2 is 2.11 bits per heavy atom. The van der Waals surface area contributed by atoms with Gasteiger partial charge in [0.25, 0.3) is 5.91 Å². The number of ether oxygens (including phenoxy) is 1. The number of carboxylic acid groups (broad SMARTS) is 1. The van der Waals surface area contributed by atoms with Crippen LogP contribution in [0.4, 0.5) is 10.5 Å². The summed E-state index contributed by atoms with van der Waals surface area (Å²) in [5.74, 6) is -0.260. The SMILES string of the molecule is O=C(O)Oc1cscc1NC(=O)c1ccc(Cl)s1. The second-order valence-electron chi connectivity index (χ2n) is 3.08. The summed E-state index contributed by atoms with van der Waals surface area (Å²) in [5, 5.41) is 14.2. The summed E-state index contributed by atoms with van der Waals surface area (Å²) in [7, 11) is 0. The van der Waals surface area contributed by atoms with Crippen LogP contribution in [0.3, 0.4) is 0 Å². The molecule has 0 saturated carbocycles. The van der Waals surface area contributed by atoms with Crippen LogP contribution < -0.4 is 10.1 Å². The molecule has 2 N–H and O–H groups in total. The summed E-state index contributed by atoms with van der Waals surface area (Å²) in [6.45, 7) is 0. The van der Waals surface area contributed by atoms with Gasteiger partial charge >= 0.3 is 6.16 Å². The van der Waals surface area contributed by atoms with Gasteiger partial charge in [-0.15, -0.1) is 22.7 Å². The number of carbonyl (C=O) groups is 2. The van der Waals surface area contributed by atoms with Crippen molar-refractivity contribution in [3.63, 3.8) is 0 Å². The molecule has 0 spiro atoms. The van der Waals surface area contributed by atoms with Crippen LogP contribution in [0.1, 0.15) is 9.67 Å². The van der Waals surface area contributed by atoms with Crippen LogP contribution in [0.5, 0.6) is 5.75 Å². The van der Waals surface area contributed by atoms with Crippen molar-refractivity contribution in [2.75, 3.05) is 5.32 Å². The van der Waals surface area contributed by atoms with Crippen molar-refractivity contribution >= 4 is 52.0 Å². The molecule has 2 heterocycles. The number of halogens is 1. The Hall–Kier alpha value is -1.57. The molecule has 94 valence electrons. The maximum atomic E-state index is 11.8. The first-order chi connectivity index (χ1) is 8.56. The minimum atomic E-state index is -1.43. The van der Waals surface area contributed by atoms with E-state index in [1.165, 1.54) is 16.7 Å². The molecule has 2 rings (SSSR count). The number of amides is 1.